The average Bonchev–Trinajstić information content (AvgIpc) is 3.48. The molecule has 1 aliphatic rings. The van der Waals surface area contributed by atoms with Gasteiger partial charge >= 0.3 is 6.09 Å². The Labute approximate surface area is 198 Å². The van der Waals surface area contributed by atoms with Gasteiger partial charge in [0.1, 0.15) is 12.6 Å². The first-order chi connectivity index (χ1) is 15.8. The van der Waals surface area contributed by atoms with Crippen molar-refractivity contribution in [3.05, 3.63) is 71.1 Å². The maximum atomic E-state index is 12.9. The number of anilines is 1. The summed E-state index contributed by atoms with van der Waals surface area (Å²) in [6.07, 6.45) is 0.913. The van der Waals surface area contributed by atoms with Crippen LogP contribution >= 0.6 is 11.3 Å². The largest absolute Gasteiger partial charge is 0.445 e. The number of rotatable bonds is 5. The van der Waals surface area contributed by atoms with Crippen LogP contribution in [0, 0.1) is 0 Å². The third-order valence-corrected chi connectivity index (χ3v) is 6.53. The molecule has 0 aliphatic carbocycles. The molecule has 0 saturated carbocycles. The number of benzene rings is 2. The van der Waals surface area contributed by atoms with Gasteiger partial charge in [-0.1, -0.05) is 75.4 Å². The number of amides is 2. The minimum Gasteiger partial charge on any atom is -0.445 e. The maximum Gasteiger partial charge on any atom is 0.410 e. The molecule has 1 fully saturated rings. The molecule has 6 nitrogen and oxygen atoms in total. The lowest BCUT2D eigenvalue weighted by Crippen LogP contribution is -2.43. The van der Waals surface area contributed by atoms with Crippen molar-refractivity contribution in [3.63, 3.8) is 0 Å². The Hall–Kier alpha value is -3.19. The lowest BCUT2D eigenvalue weighted by molar-refractivity contribution is -0.120. The average molecular weight is 464 g/mol. The second-order valence-electron chi connectivity index (χ2n) is 9.25. The first kappa shape index (κ1) is 23.0. The Morgan fingerprint density at radius 2 is 1.85 bits per heavy atom. The summed E-state index contributed by atoms with van der Waals surface area (Å²) in [4.78, 5) is 31.6. The predicted molar refractivity (Wildman–Crippen MR) is 131 cm³/mol. The summed E-state index contributed by atoms with van der Waals surface area (Å²) in [6.45, 7) is 7.25. The standard InChI is InChI=1S/C26H29N3O3S/c1-26(2,3)20-13-11-19(12-14-20)21-17-33-24(27-21)28-23(30)22-10-7-15-29(22)25(31)32-16-18-8-5-4-6-9-18/h4-6,8-9,11-14,17,22H,7,10,15-16H2,1-3H3,(H,27,28,30). The Morgan fingerprint density at radius 3 is 2.55 bits per heavy atom. The van der Waals surface area contributed by atoms with E-state index in [1.807, 2.05) is 35.7 Å². The van der Waals surface area contributed by atoms with Crippen molar-refractivity contribution in [1.29, 1.82) is 0 Å². The van der Waals surface area contributed by atoms with Crippen LogP contribution in [-0.2, 0) is 21.6 Å². The molecular weight excluding hydrogens is 434 g/mol. The molecule has 1 atom stereocenters. The van der Waals surface area contributed by atoms with E-state index in [1.54, 1.807) is 0 Å². The summed E-state index contributed by atoms with van der Waals surface area (Å²) in [5.74, 6) is -0.229. The number of nitrogens with one attached hydrogen (secondary N) is 1. The van der Waals surface area contributed by atoms with Crippen LogP contribution in [0.4, 0.5) is 9.93 Å². The van der Waals surface area contributed by atoms with Crippen molar-refractivity contribution < 1.29 is 14.3 Å². The lowest BCUT2D eigenvalue weighted by atomic mass is 9.86. The van der Waals surface area contributed by atoms with Gasteiger partial charge in [-0.25, -0.2) is 9.78 Å². The summed E-state index contributed by atoms with van der Waals surface area (Å²) in [6, 6.07) is 17.3. The van der Waals surface area contributed by atoms with Crippen LogP contribution in [0.25, 0.3) is 11.3 Å². The van der Waals surface area contributed by atoms with Gasteiger partial charge in [0.25, 0.3) is 0 Å². The first-order valence-corrected chi connectivity index (χ1v) is 12.0. The molecule has 1 unspecified atom stereocenters. The fourth-order valence-electron chi connectivity index (χ4n) is 3.85. The van der Waals surface area contributed by atoms with E-state index in [1.165, 1.54) is 21.8 Å². The van der Waals surface area contributed by atoms with E-state index in [0.717, 1.165) is 23.2 Å². The molecule has 33 heavy (non-hydrogen) atoms. The van der Waals surface area contributed by atoms with Gasteiger partial charge in [-0.15, -0.1) is 11.3 Å². The third kappa shape index (κ3) is 5.60. The molecule has 3 aromatic rings. The molecule has 1 N–H and O–H groups in total. The fraction of sp³-hybridized carbons (Fsp3) is 0.346. The van der Waals surface area contributed by atoms with Crippen molar-refractivity contribution in [2.24, 2.45) is 0 Å². The van der Waals surface area contributed by atoms with Crippen LogP contribution in [0.1, 0.15) is 44.7 Å². The molecule has 1 aliphatic heterocycles. The third-order valence-electron chi connectivity index (χ3n) is 5.78. The molecule has 4 rings (SSSR count). The number of carbonyl (C=O) groups excluding carboxylic acids is 2. The molecule has 172 valence electrons. The maximum absolute atomic E-state index is 12.9. The highest BCUT2D eigenvalue weighted by atomic mass is 32.1. The van der Waals surface area contributed by atoms with Crippen molar-refractivity contribution in [2.75, 3.05) is 11.9 Å². The Bertz CT molecular complexity index is 1100. The number of aromatic nitrogens is 1. The SMILES string of the molecule is CC(C)(C)c1ccc(-c2csc(NC(=O)C3CCCN3C(=O)OCc3ccccc3)n2)cc1. The Balaban J connectivity index is 1.36. The van der Waals surface area contributed by atoms with Gasteiger partial charge in [-0.05, 0) is 29.4 Å². The van der Waals surface area contributed by atoms with Gasteiger partial charge in [0.05, 0.1) is 5.69 Å². The number of ether oxygens (including phenoxy) is 1. The highest BCUT2D eigenvalue weighted by Crippen LogP contribution is 2.29. The Kier molecular flexibility index (Phi) is 6.79. The molecular formula is C26H29N3O3S. The first-order valence-electron chi connectivity index (χ1n) is 11.2. The highest BCUT2D eigenvalue weighted by Gasteiger charge is 2.35. The highest BCUT2D eigenvalue weighted by molar-refractivity contribution is 7.14. The van der Waals surface area contributed by atoms with Crippen LogP contribution in [0.15, 0.2) is 60.0 Å². The van der Waals surface area contributed by atoms with Crippen LogP contribution in [0.3, 0.4) is 0 Å². The van der Waals surface area contributed by atoms with Gasteiger partial charge in [-0.2, -0.15) is 0 Å². The monoisotopic (exact) mass is 463 g/mol. The van der Waals surface area contributed by atoms with E-state index in [4.69, 9.17) is 4.74 Å². The molecule has 1 aromatic heterocycles. The number of nitrogens with zero attached hydrogens (tertiary/aromatic N) is 2. The molecule has 0 radical (unpaired) electrons. The minimum atomic E-state index is -0.549. The van der Waals surface area contributed by atoms with Gasteiger partial charge in [0.15, 0.2) is 5.13 Å². The lowest BCUT2D eigenvalue weighted by Gasteiger charge is -2.22. The normalized spacial score (nSPS) is 16.0. The van der Waals surface area contributed by atoms with Crippen molar-refractivity contribution in [2.45, 2.75) is 51.7 Å². The van der Waals surface area contributed by atoms with Crippen LogP contribution in [0.2, 0.25) is 0 Å². The zero-order chi connectivity index (χ0) is 23.4. The molecule has 0 bridgehead atoms. The van der Waals surface area contributed by atoms with Crippen LogP contribution in [-0.4, -0.2) is 34.5 Å². The van der Waals surface area contributed by atoms with E-state index < -0.39 is 12.1 Å². The topological polar surface area (TPSA) is 71.5 Å². The minimum absolute atomic E-state index is 0.0924. The van der Waals surface area contributed by atoms with Gasteiger partial charge in [-0.3, -0.25) is 9.69 Å². The fourth-order valence-corrected chi connectivity index (χ4v) is 4.58. The van der Waals surface area contributed by atoms with Gasteiger partial charge in [0, 0.05) is 17.5 Å². The second kappa shape index (κ2) is 9.75. The molecule has 7 heteroatoms. The smallest absolute Gasteiger partial charge is 0.410 e. The molecule has 2 heterocycles. The predicted octanol–water partition coefficient (Wildman–Crippen LogP) is 5.85. The van der Waals surface area contributed by atoms with Crippen molar-refractivity contribution in [3.8, 4) is 11.3 Å². The number of likely N-dealkylation sites (tertiary alicyclic amines) is 1. The zero-order valence-corrected chi connectivity index (χ0v) is 20.0. The summed E-state index contributed by atoms with van der Waals surface area (Å²) in [5.41, 5.74) is 4.09. The quantitative estimate of drug-likeness (QED) is 0.515. The number of hydrogen-bond donors (Lipinski definition) is 1. The summed E-state index contributed by atoms with van der Waals surface area (Å²) < 4.78 is 5.43. The number of thiazole rings is 1. The Morgan fingerprint density at radius 1 is 1.12 bits per heavy atom. The van der Waals surface area contributed by atoms with Gasteiger partial charge in [0.2, 0.25) is 5.91 Å². The van der Waals surface area contributed by atoms with Crippen molar-refractivity contribution in [1.82, 2.24) is 9.88 Å². The summed E-state index contributed by atoms with van der Waals surface area (Å²) in [7, 11) is 0. The van der Waals surface area contributed by atoms with E-state index in [0.29, 0.717) is 18.1 Å². The van der Waals surface area contributed by atoms with Crippen molar-refractivity contribution >= 4 is 28.5 Å². The number of carbonyl (C=O) groups is 2. The molecule has 1 saturated heterocycles. The second-order valence-corrected chi connectivity index (χ2v) is 10.1. The van der Waals surface area contributed by atoms with E-state index in [-0.39, 0.29) is 17.9 Å². The molecule has 2 amide bonds. The van der Waals surface area contributed by atoms with E-state index in [9.17, 15) is 9.59 Å². The summed E-state index contributed by atoms with van der Waals surface area (Å²) >= 11 is 1.38. The van der Waals surface area contributed by atoms with Crippen LogP contribution in [0.5, 0.6) is 0 Å². The molecule has 0 spiro atoms. The van der Waals surface area contributed by atoms with Gasteiger partial charge < -0.3 is 10.1 Å². The zero-order valence-electron chi connectivity index (χ0n) is 19.2. The van der Waals surface area contributed by atoms with Crippen LogP contribution < -0.4 is 5.32 Å². The summed E-state index contributed by atoms with van der Waals surface area (Å²) in [5, 5.41) is 5.35. The molecule has 2 aromatic carbocycles. The number of hydrogen-bond acceptors (Lipinski definition) is 5. The van der Waals surface area contributed by atoms with E-state index in [2.05, 4.69) is 55.3 Å². The van der Waals surface area contributed by atoms with E-state index >= 15 is 0 Å².